The summed E-state index contributed by atoms with van der Waals surface area (Å²) in [6.07, 6.45) is -4.45. The topological polar surface area (TPSA) is 79.5 Å². The van der Waals surface area contributed by atoms with Crippen LogP contribution in [0.25, 0.3) is 0 Å². The van der Waals surface area contributed by atoms with E-state index in [0.29, 0.717) is 0 Å². The molecule has 0 saturated heterocycles. The van der Waals surface area contributed by atoms with E-state index in [2.05, 4.69) is 17.2 Å². The Morgan fingerprint density at radius 3 is 2.50 bits per heavy atom. The van der Waals surface area contributed by atoms with Crippen molar-refractivity contribution in [3.05, 3.63) is 59.0 Å². The molecule has 2 rings (SSSR count). The fourth-order valence-corrected chi connectivity index (χ4v) is 1.71. The molecule has 1 heterocycles. The van der Waals surface area contributed by atoms with Gasteiger partial charge in [-0.05, 0) is 30.3 Å². The Balaban J connectivity index is 1.96. The van der Waals surface area contributed by atoms with Gasteiger partial charge in [-0.3, -0.25) is 4.79 Å². The van der Waals surface area contributed by atoms with Crippen LogP contribution in [-0.2, 0) is 6.18 Å². The van der Waals surface area contributed by atoms with E-state index in [-0.39, 0.29) is 23.6 Å². The maximum Gasteiger partial charge on any atom is 0.416 e. The zero-order valence-electron chi connectivity index (χ0n) is 12.0. The Kier molecular flexibility index (Phi) is 4.94. The number of aromatic carboxylic acids is 1. The largest absolute Gasteiger partial charge is 0.475 e. The minimum atomic E-state index is -4.45. The first kappa shape index (κ1) is 17.1. The van der Waals surface area contributed by atoms with E-state index in [4.69, 9.17) is 9.52 Å². The summed E-state index contributed by atoms with van der Waals surface area (Å²) < 4.78 is 42.4. The van der Waals surface area contributed by atoms with Gasteiger partial charge >= 0.3 is 12.1 Å². The lowest BCUT2D eigenvalue weighted by Gasteiger charge is -2.05. The van der Waals surface area contributed by atoms with Gasteiger partial charge in [0, 0.05) is 5.56 Å². The highest BCUT2D eigenvalue weighted by atomic mass is 19.4. The summed E-state index contributed by atoms with van der Waals surface area (Å²) in [7, 11) is 0. The monoisotopic (exact) mass is 337 g/mol. The summed E-state index contributed by atoms with van der Waals surface area (Å²) in [5.74, 6) is 2.43. The summed E-state index contributed by atoms with van der Waals surface area (Å²) in [5.41, 5.74) is -0.652. The SMILES string of the molecule is O=C(O)c1ccc(C(=O)NCC#Cc2cccc(C(F)(F)F)c2)o1. The molecule has 1 aromatic carbocycles. The van der Waals surface area contributed by atoms with Crippen LogP contribution in [0.15, 0.2) is 40.8 Å². The van der Waals surface area contributed by atoms with Gasteiger partial charge in [-0.25, -0.2) is 4.79 Å². The first-order valence-electron chi connectivity index (χ1n) is 6.55. The molecule has 2 aromatic rings. The first-order valence-corrected chi connectivity index (χ1v) is 6.55. The quantitative estimate of drug-likeness (QED) is 0.844. The van der Waals surface area contributed by atoms with Crippen molar-refractivity contribution in [3.63, 3.8) is 0 Å². The number of furan rings is 1. The van der Waals surface area contributed by atoms with E-state index < -0.39 is 23.6 Å². The van der Waals surface area contributed by atoms with Gasteiger partial charge in [-0.1, -0.05) is 17.9 Å². The van der Waals surface area contributed by atoms with Gasteiger partial charge in [0.1, 0.15) is 0 Å². The lowest BCUT2D eigenvalue weighted by atomic mass is 10.1. The average Bonchev–Trinajstić information content (AvgIpc) is 3.01. The lowest BCUT2D eigenvalue weighted by Crippen LogP contribution is -2.23. The van der Waals surface area contributed by atoms with Crippen LogP contribution in [0.4, 0.5) is 13.2 Å². The normalized spacial score (nSPS) is 10.6. The first-order chi connectivity index (χ1) is 11.3. The average molecular weight is 337 g/mol. The molecule has 0 aliphatic heterocycles. The molecule has 5 nitrogen and oxygen atoms in total. The lowest BCUT2D eigenvalue weighted by molar-refractivity contribution is -0.137. The zero-order valence-corrected chi connectivity index (χ0v) is 12.0. The van der Waals surface area contributed by atoms with E-state index in [1.165, 1.54) is 18.2 Å². The molecule has 0 fully saturated rings. The standard InChI is InChI=1S/C16H10F3NO4/c17-16(18,19)11-5-1-3-10(9-11)4-2-8-20-14(21)12-6-7-13(24-12)15(22)23/h1,3,5-7,9H,8H2,(H,20,21)(H,22,23). The van der Waals surface area contributed by atoms with Crippen molar-refractivity contribution >= 4 is 11.9 Å². The Labute approximate surface area is 134 Å². The molecule has 0 saturated carbocycles. The molecule has 0 atom stereocenters. The van der Waals surface area contributed by atoms with Crippen LogP contribution in [0, 0.1) is 11.8 Å². The summed E-state index contributed by atoms with van der Waals surface area (Å²) in [6, 6.07) is 6.81. The smallest absolute Gasteiger partial charge is 0.416 e. The second-order valence-corrected chi connectivity index (χ2v) is 4.53. The number of rotatable bonds is 3. The summed E-state index contributed by atoms with van der Waals surface area (Å²) >= 11 is 0. The van der Waals surface area contributed by atoms with Crippen LogP contribution in [0.2, 0.25) is 0 Å². The fraction of sp³-hybridized carbons (Fsp3) is 0.125. The zero-order chi connectivity index (χ0) is 17.7. The molecule has 2 N–H and O–H groups in total. The summed E-state index contributed by atoms with van der Waals surface area (Å²) in [4.78, 5) is 22.3. The van der Waals surface area contributed by atoms with Crippen LogP contribution in [0.5, 0.6) is 0 Å². The van der Waals surface area contributed by atoms with E-state index in [0.717, 1.165) is 18.2 Å². The molecule has 1 aromatic heterocycles. The fourth-order valence-electron chi connectivity index (χ4n) is 1.71. The minimum Gasteiger partial charge on any atom is -0.475 e. The number of carbonyl (C=O) groups is 2. The van der Waals surface area contributed by atoms with Crippen molar-refractivity contribution in [1.29, 1.82) is 0 Å². The maximum atomic E-state index is 12.6. The number of nitrogens with one attached hydrogen (secondary N) is 1. The van der Waals surface area contributed by atoms with Gasteiger partial charge in [0.05, 0.1) is 12.1 Å². The highest BCUT2D eigenvalue weighted by Crippen LogP contribution is 2.29. The number of halogens is 3. The molecule has 0 aliphatic carbocycles. The minimum absolute atomic E-state index is 0.141. The van der Waals surface area contributed by atoms with Crippen LogP contribution in [0.1, 0.15) is 32.2 Å². The van der Waals surface area contributed by atoms with E-state index in [1.54, 1.807) is 0 Å². The molecule has 0 radical (unpaired) electrons. The third kappa shape index (κ3) is 4.39. The van der Waals surface area contributed by atoms with E-state index in [9.17, 15) is 22.8 Å². The molecule has 0 bridgehead atoms. The van der Waals surface area contributed by atoms with E-state index in [1.807, 2.05) is 0 Å². The summed E-state index contributed by atoms with van der Waals surface area (Å²) in [6.45, 7) is -0.141. The third-order valence-electron chi connectivity index (χ3n) is 2.80. The van der Waals surface area contributed by atoms with Gasteiger partial charge in [-0.15, -0.1) is 0 Å². The van der Waals surface area contributed by atoms with Crippen LogP contribution >= 0.6 is 0 Å². The molecule has 8 heteroatoms. The predicted octanol–water partition coefficient (Wildman–Crippen LogP) is 2.78. The third-order valence-corrected chi connectivity index (χ3v) is 2.80. The second kappa shape index (κ2) is 6.91. The Morgan fingerprint density at radius 2 is 1.88 bits per heavy atom. The summed E-state index contributed by atoms with van der Waals surface area (Å²) in [5, 5.41) is 11.0. The number of amides is 1. The van der Waals surface area contributed by atoms with Crippen molar-refractivity contribution < 1.29 is 32.3 Å². The van der Waals surface area contributed by atoms with Crippen molar-refractivity contribution in [1.82, 2.24) is 5.32 Å². The molecule has 0 spiro atoms. The highest BCUT2D eigenvalue weighted by Gasteiger charge is 2.30. The number of carboxylic acid groups (broad SMARTS) is 1. The maximum absolute atomic E-state index is 12.6. The molecule has 0 aliphatic rings. The van der Waals surface area contributed by atoms with Crippen molar-refractivity contribution in [2.24, 2.45) is 0 Å². The van der Waals surface area contributed by atoms with Crippen molar-refractivity contribution in [2.75, 3.05) is 6.54 Å². The number of alkyl halides is 3. The van der Waals surface area contributed by atoms with Gasteiger partial charge in [0.25, 0.3) is 5.91 Å². The molecule has 24 heavy (non-hydrogen) atoms. The van der Waals surface area contributed by atoms with Crippen LogP contribution in [0.3, 0.4) is 0 Å². The number of hydrogen-bond donors (Lipinski definition) is 2. The van der Waals surface area contributed by atoms with Crippen LogP contribution in [-0.4, -0.2) is 23.5 Å². The number of carboxylic acids is 1. The molecule has 0 unspecified atom stereocenters. The van der Waals surface area contributed by atoms with Gasteiger partial charge in [0.15, 0.2) is 5.76 Å². The van der Waals surface area contributed by atoms with Crippen molar-refractivity contribution in [2.45, 2.75) is 6.18 Å². The number of carbonyl (C=O) groups excluding carboxylic acids is 1. The predicted molar refractivity (Wildman–Crippen MR) is 76.3 cm³/mol. The Bertz CT molecular complexity index is 828. The van der Waals surface area contributed by atoms with Gasteiger partial charge in [0.2, 0.25) is 5.76 Å². The molecular formula is C16H10F3NO4. The highest BCUT2D eigenvalue weighted by molar-refractivity contribution is 5.93. The number of hydrogen-bond acceptors (Lipinski definition) is 3. The Morgan fingerprint density at radius 1 is 1.17 bits per heavy atom. The van der Waals surface area contributed by atoms with Crippen molar-refractivity contribution in [3.8, 4) is 11.8 Å². The van der Waals surface area contributed by atoms with Gasteiger partial charge < -0.3 is 14.8 Å². The molecule has 124 valence electrons. The Hall–Kier alpha value is -3.21. The van der Waals surface area contributed by atoms with Crippen LogP contribution < -0.4 is 5.32 Å². The molecule has 1 amide bonds. The molecular weight excluding hydrogens is 327 g/mol. The second-order valence-electron chi connectivity index (χ2n) is 4.53. The van der Waals surface area contributed by atoms with E-state index >= 15 is 0 Å². The number of benzene rings is 1. The van der Waals surface area contributed by atoms with Gasteiger partial charge in [-0.2, -0.15) is 13.2 Å².